The van der Waals surface area contributed by atoms with Gasteiger partial charge in [-0.25, -0.2) is 0 Å². The van der Waals surface area contributed by atoms with Crippen molar-refractivity contribution in [3.63, 3.8) is 0 Å². The number of hydrogen-bond donors (Lipinski definition) is 1. The van der Waals surface area contributed by atoms with E-state index in [1.165, 1.54) is 0 Å². The van der Waals surface area contributed by atoms with Crippen LogP contribution in [0.3, 0.4) is 0 Å². The SMILES string of the molecule is [Li+].[S-]c1nc2ccccc2[nH]1. The molecule has 50 valence electrons. The monoisotopic (exact) mass is 156 g/mol. The molecular formula is C7H5LiN2S. The van der Waals surface area contributed by atoms with Gasteiger partial charge in [-0.3, -0.25) is 4.98 Å². The van der Waals surface area contributed by atoms with Crippen LogP contribution in [0.5, 0.6) is 0 Å². The molecule has 4 heteroatoms. The van der Waals surface area contributed by atoms with E-state index in [-0.39, 0.29) is 18.9 Å². The third-order valence-corrected chi connectivity index (χ3v) is 1.56. The van der Waals surface area contributed by atoms with E-state index in [9.17, 15) is 0 Å². The van der Waals surface area contributed by atoms with Crippen LogP contribution in [0.25, 0.3) is 11.0 Å². The second-order valence-electron chi connectivity index (χ2n) is 2.06. The minimum Gasteiger partial charge on any atom is -0.742 e. The van der Waals surface area contributed by atoms with Gasteiger partial charge in [-0.05, 0) is 17.3 Å². The van der Waals surface area contributed by atoms with Gasteiger partial charge in [0.1, 0.15) is 0 Å². The van der Waals surface area contributed by atoms with Crippen LogP contribution in [0.2, 0.25) is 0 Å². The average molecular weight is 156 g/mol. The molecule has 0 saturated carbocycles. The van der Waals surface area contributed by atoms with E-state index in [2.05, 4.69) is 9.97 Å². The van der Waals surface area contributed by atoms with Crippen LogP contribution in [0.1, 0.15) is 0 Å². The molecule has 2 aromatic rings. The average Bonchev–Trinajstić information content (AvgIpc) is 2.27. The third-order valence-electron chi connectivity index (χ3n) is 1.37. The van der Waals surface area contributed by atoms with Gasteiger partial charge in [0.2, 0.25) is 0 Å². The van der Waals surface area contributed by atoms with Gasteiger partial charge in [-0.15, -0.1) is 0 Å². The third kappa shape index (κ3) is 1.56. The van der Waals surface area contributed by atoms with Crippen molar-refractivity contribution < 1.29 is 18.9 Å². The van der Waals surface area contributed by atoms with E-state index in [1.807, 2.05) is 24.3 Å². The fraction of sp³-hybridized carbons (Fsp3) is 0. The Morgan fingerprint density at radius 1 is 1.27 bits per heavy atom. The Morgan fingerprint density at radius 2 is 2.00 bits per heavy atom. The van der Waals surface area contributed by atoms with Gasteiger partial charge in [0, 0.05) is 0 Å². The van der Waals surface area contributed by atoms with Crippen molar-refractivity contribution in [1.29, 1.82) is 0 Å². The summed E-state index contributed by atoms with van der Waals surface area (Å²) < 4.78 is 0. The fourth-order valence-corrected chi connectivity index (χ4v) is 1.14. The molecule has 11 heavy (non-hydrogen) atoms. The van der Waals surface area contributed by atoms with Crippen LogP contribution in [0.4, 0.5) is 0 Å². The number of aromatic amines is 1. The van der Waals surface area contributed by atoms with Crippen molar-refractivity contribution in [2.45, 2.75) is 5.16 Å². The largest absolute Gasteiger partial charge is 1.00 e. The maximum atomic E-state index is 4.85. The zero-order chi connectivity index (χ0) is 6.97. The van der Waals surface area contributed by atoms with Crippen molar-refractivity contribution in [3.05, 3.63) is 24.3 Å². The molecule has 0 spiro atoms. The summed E-state index contributed by atoms with van der Waals surface area (Å²) in [7, 11) is 0. The molecular weight excluding hydrogens is 151 g/mol. The molecule has 0 unspecified atom stereocenters. The molecule has 0 aliphatic heterocycles. The minimum absolute atomic E-state index is 0. The number of rotatable bonds is 0. The molecule has 1 heterocycles. The minimum atomic E-state index is 0. The van der Waals surface area contributed by atoms with Gasteiger partial charge in [0.05, 0.1) is 11.0 Å². The fourth-order valence-electron chi connectivity index (χ4n) is 0.929. The van der Waals surface area contributed by atoms with Crippen LogP contribution in [-0.4, -0.2) is 9.97 Å². The van der Waals surface area contributed by atoms with Crippen molar-refractivity contribution in [2.75, 3.05) is 0 Å². The molecule has 0 bridgehead atoms. The van der Waals surface area contributed by atoms with Gasteiger partial charge in [0.25, 0.3) is 0 Å². The predicted molar refractivity (Wildman–Crippen MR) is 41.7 cm³/mol. The van der Waals surface area contributed by atoms with Crippen molar-refractivity contribution in [3.8, 4) is 0 Å². The van der Waals surface area contributed by atoms with Crippen LogP contribution in [0.15, 0.2) is 29.4 Å². The summed E-state index contributed by atoms with van der Waals surface area (Å²) in [5.74, 6) is 0. The number of aromatic nitrogens is 2. The number of fused-ring (bicyclic) bond motifs is 1. The zero-order valence-electron chi connectivity index (χ0n) is 6.16. The quantitative estimate of drug-likeness (QED) is 0.370. The Labute approximate surface area is 82.0 Å². The normalized spacial score (nSPS) is 9.45. The Morgan fingerprint density at radius 3 is 2.73 bits per heavy atom. The first-order chi connectivity index (χ1) is 4.86. The van der Waals surface area contributed by atoms with Crippen LogP contribution in [-0.2, 0) is 12.6 Å². The molecule has 2 rings (SSSR count). The molecule has 0 fully saturated rings. The molecule has 2 nitrogen and oxygen atoms in total. The van der Waals surface area contributed by atoms with Crippen LogP contribution in [0, 0.1) is 0 Å². The maximum Gasteiger partial charge on any atom is 1.00 e. The Kier molecular flexibility index (Phi) is 2.56. The molecule has 0 atom stereocenters. The number of nitrogens with one attached hydrogen (secondary N) is 1. The van der Waals surface area contributed by atoms with Crippen molar-refractivity contribution in [2.24, 2.45) is 0 Å². The Hall–Kier alpha value is -0.493. The van der Waals surface area contributed by atoms with Gasteiger partial charge in [-0.2, -0.15) is 0 Å². The molecule has 1 N–H and O–H groups in total. The molecule has 1 aromatic heterocycles. The van der Waals surface area contributed by atoms with Gasteiger partial charge in [-0.1, -0.05) is 12.1 Å². The first-order valence-electron chi connectivity index (χ1n) is 2.98. The van der Waals surface area contributed by atoms with Crippen LogP contribution < -0.4 is 18.9 Å². The molecule has 1 aromatic carbocycles. The van der Waals surface area contributed by atoms with Crippen molar-refractivity contribution >= 4 is 23.7 Å². The van der Waals surface area contributed by atoms with Crippen LogP contribution >= 0.6 is 0 Å². The first-order valence-corrected chi connectivity index (χ1v) is 3.39. The number of para-hydroxylation sites is 2. The number of H-pyrrole nitrogens is 1. The van der Waals surface area contributed by atoms with E-state index < -0.39 is 0 Å². The second kappa shape index (κ2) is 3.27. The number of nitrogens with zero attached hydrogens (tertiary/aromatic N) is 1. The summed E-state index contributed by atoms with van der Waals surface area (Å²) in [6, 6.07) is 7.78. The van der Waals surface area contributed by atoms with Gasteiger partial charge in [0.15, 0.2) is 0 Å². The second-order valence-corrected chi connectivity index (χ2v) is 2.45. The summed E-state index contributed by atoms with van der Waals surface area (Å²) in [6.45, 7) is 0. The summed E-state index contributed by atoms with van der Waals surface area (Å²) in [6.07, 6.45) is 0. The number of benzene rings is 1. The van der Waals surface area contributed by atoms with Gasteiger partial charge < -0.3 is 17.6 Å². The summed E-state index contributed by atoms with van der Waals surface area (Å²) in [5.41, 5.74) is 1.94. The molecule has 0 aliphatic carbocycles. The standard InChI is InChI=1S/C7H6N2S.Li/c10-7-8-5-3-1-2-4-6(5)9-7;/h1-4H,(H2,8,9,10);/q;+1/p-1. The van der Waals surface area contributed by atoms with E-state index >= 15 is 0 Å². The first kappa shape index (κ1) is 8.60. The van der Waals surface area contributed by atoms with Crippen molar-refractivity contribution in [1.82, 2.24) is 9.97 Å². The number of imidazole rings is 1. The van der Waals surface area contributed by atoms with E-state index in [0.717, 1.165) is 11.0 Å². The summed E-state index contributed by atoms with van der Waals surface area (Å²) >= 11 is 4.85. The summed E-state index contributed by atoms with van der Waals surface area (Å²) in [5, 5.41) is 0.557. The Bertz CT molecular complexity index is 325. The topological polar surface area (TPSA) is 28.7 Å². The molecule has 0 aliphatic rings. The molecule has 0 radical (unpaired) electrons. The molecule has 0 amide bonds. The van der Waals surface area contributed by atoms with E-state index in [1.54, 1.807) is 0 Å². The maximum absolute atomic E-state index is 4.85. The van der Waals surface area contributed by atoms with E-state index in [0.29, 0.717) is 5.16 Å². The zero-order valence-corrected chi connectivity index (χ0v) is 6.98. The summed E-state index contributed by atoms with van der Waals surface area (Å²) in [4.78, 5) is 7.03. The van der Waals surface area contributed by atoms with Gasteiger partial charge >= 0.3 is 18.9 Å². The van der Waals surface area contributed by atoms with E-state index in [4.69, 9.17) is 12.6 Å². The Balaban J connectivity index is 0.000000605. The predicted octanol–water partition coefficient (Wildman–Crippen LogP) is -1.53. The number of hydrogen-bond acceptors (Lipinski definition) is 2. The smallest absolute Gasteiger partial charge is 0.742 e. The molecule has 0 saturated heterocycles.